The van der Waals surface area contributed by atoms with Crippen LogP contribution in [0.15, 0.2) is 48.5 Å². The van der Waals surface area contributed by atoms with Gasteiger partial charge in [0.2, 0.25) is 8.32 Å². The molecule has 0 fully saturated rings. The molecule has 0 radical (unpaired) electrons. The van der Waals surface area contributed by atoms with Gasteiger partial charge in [0.1, 0.15) is 24.1 Å². The Morgan fingerprint density at radius 1 is 0.727 bits per heavy atom. The number of aldehydes is 2. The molecule has 0 heterocycles. The fraction of sp³-hybridized carbons (Fsp3) is 0.462. The van der Waals surface area contributed by atoms with E-state index in [9.17, 15) is 9.59 Å². The number of benzene rings is 2. The van der Waals surface area contributed by atoms with Gasteiger partial charge in [0.25, 0.3) is 0 Å². The van der Waals surface area contributed by atoms with Crippen molar-refractivity contribution < 1.29 is 19.1 Å². The average molecular weight is 509 g/mol. The zero-order chi connectivity index (χ0) is 26.1. The van der Waals surface area contributed by atoms with Gasteiger partial charge in [-0.15, -0.1) is 0 Å². The van der Waals surface area contributed by atoms with Crippen LogP contribution in [0.1, 0.15) is 62.3 Å². The molecule has 0 aromatic heterocycles. The van der Waals surface area contributed by atoms with Crippen LogP contribution in [0.4, 0.5) is 0 Å². The van der Waals surface area contributed by atoms with Crippen molar-refractivity contribution in [2.75, 3.05) is 0 Å². The molecule has 0 aliphatic rings. The van der Waals surface area contributed by atoms with Crippen molar-refractivity contribution in [3.05, 3.63) is 59.7 Å². The largest absolute Gasteiger partial charge is 0.544 e. The first-order valence-electron chi connectivity index (χ1n) is 11.0. The highest BCUT2D eigenvalue weighted by Crippen LogP contribution is 2.38. The van der Waals surface area contributed by atoms with E-state index in [-0.39, 0.29) is 10.8 Å². The van der Waals surface area contributed by atoms with Crippen molar-refractivity contribution in [2.45, 2.75) is 77.8 Å². The van der Waals surface area contributed by atoms with Crippen LogP contribution in [0.3, 0.4) is 0 Å². The number of carbonyl (C=O) groups excluding carboxylic acids is 2. The molecule has 7 heteroatoms. The molecule has 0 spiro atoms. The maximum atomic E-state index is 10.5. The summed E-state index contributed by atoms with van der Waals surface area (Å²) in [4.78, 5) is 20.6. The van der Waals surface area contributed by atoms with Crippen molar-refractivity contribution in [1.82, 2.24) is 0 Å². The van der Waals surface area contributed by atoms with E-state index >= 15 is 0 Å². The van der Waals surface area contributed by atoms with Crippen LogP contribution in [0.2, 0.25) is 36.3 Å². The molecule has 2 aromatic rings. The zero-order valence-electron chi connectivity index (χ0n) is 21.8. The highest BCUT2D eigenvalue weighted by Gasteiger charge is 2.38. The number of hydrogen-bond acceptors (Lipinski definition) is 4. The summed E-state index contributed by atoms with van der Waals surface area (Å²) in [6.07, 6.45) is 1.58. The summed E-state index contributed by atoms with van der Waals surface area (Å²) >= 11 is 6.15. The monoisotopic (exact) mass is 508 g/mol. The third-order valence-corrected chi connectivity index (χ3v) is 15.6. The Balaban J connectivity index is 0.000000511. The Kier molecular flexibility index (Phi) is 11.8. The normalized spacial score (nSPS) is 11.8. The second kappa shape index (κ2) is 12.5. The molecular weight excluding hydrogens is 468 g/mol. The first-order valence-corrected chi connectivity index (χ1v) is 17.9. The fourth-order valence-corrected chi connectivity index (χ4v) is 2.65. The van der Waals surface area contributed by atoms with E-state index in [0.717, 1.165) is 18.3 Å². The maximum absolute atomic E-state index is 10.5. The highest BCUT2D eigenvalue weighted by molar-refractivity contribution is 7.20. The van der Waals surface area contributed by atoms with Crippen LogP contribution in [-0.2, 0) is 0 Å². The third-order valence-electron chi connectivity index (χ3n) is 6.01. The van der Waals surface area contributed by atoms with Crippen molar-refractivity contribution in [2.24, 2.45) is 0 Å². The van der Waals surface area contributed by atoms with Gasteiger partial charge in [0.15, 0.2) is 7.38 Å². The molecule has 0 bridgehead atoms. The quantitative estimate of drug-likeness (QED) is 0.256. The van der Waals surface area contributed by atoms with E-state index in [4.69, 9.17) is 20.6 Å². The molecule has 2 rings (SSSR count). The van der Waals surface area contributed by atoms with Crippen LogP contribution in [0.5, 0.6) is 11.5 Å². The number of phenolic OH excluding ortho intramolecular Hbond substituents is 1. The Bertz CT molecular complexity index is 846. The lowest BCUT2D eigenvalue weighted by Crippen LogP contribution is -2.43. The van der Waals surface area contributed by atoms with E-state index in [1.807, 2.05) is 12.1 Å². The van der Waals surface area contributed by atoms with Crippen molar-refractivity contribution in [3.63, 3.8) is 0 Å². The molecule has 33 heavy (non-hydrogen) atoms. The predicted octanol–water partition coefficient (Wildman–Crippen LogP) is 8.32. The summed E-state index contributed by atoms with van der Waals surface area (Å²) < 4.78 is 6.09. The minimum absolute atomic E-state index is 0.181. The van der Waals surface area contributed by atoms with E-state index in [2.05, 4.69) is 67.7 Å². The fourth-order valence-electron chi connectivity index (χ4n) is 1.62. The van der Waals surface area contributed by atoms with Crippen LogP contribution < -0.4 is 4.43 Å². The standard InChI is InChI=1S/C13H20O2Si.C7H6O2.C6H15ClSi/c1-13(2,3)16(4,5)15-12-8-6-11(10-14)7-9-12;8-5-6-1-3-7(9)4-2-6;1-6(2,3)8(4,5)7/h6-10H,1-5H3;1-5,9H;1-5H3. The molecule has 0 unspecified atom stereocenters. The maximum Gasteiger partial charge on any atom is 0.250 e. The van der Waals surface area contributed by atoms with E-state index < -0.39 is 15.7 Å². The SMILES string of the molecule is CC(C)(C)[Si](C)(C)Cl.CC(C)(C)[Si](C)(C)Oc1ccc(C=O)cc1.O=Cc1ccc(O)cc1. The molecule has 0 saturated carbocycles. The number of carbonyl (C=O) groups is 2. The minimum Gasteiger partial charge on any atom is -0.544 e. The summed E-state index contributed by atoms with van der Waals surface area (Å²) in [7, 11) is -3.15. The summed E-state index contributed by atoms with van der Waals surface area (Å²) in [6, 6.07) is 13.4. The topological polar surface area (TPSA) is 63.6 Å². The minimum atomic E-state index is -1.76. The first-order chi connectivity index (χ1) is 14.8. The summed E-state index contributed by atoms with van der Waals surface area (Å²) in [5, 5.41) is 9.27. The van der Waals surface area contributed by atoms with E-state index in [1.54, 1.807) is 24.3 Å². The van der Waals surface area contributed by atoms with Gasteiger partial charge >= 0.3 is 0 Å². The lowest BCUT2D eigenvalue weighted by molar-refractivity contribution is 0.111. The average Bonchev–Trinajstić information content (AvgIpc) is 2.67. The first kappa shape index (κ1) is 31.1. The van der Waals surface area contributed by atoms with Gasteiger partial charge < -0.3 is 9.53 Å². The highest BCUT2D eigenvalue weighted by atomic mass is 35.6. The number of halogens is 1. The Morgan fingerprint density at radius 3 is 1.33 bits per heavy atom. The molecule has 184 valence electrons. The molecule has 0 aliphatic carbocycles. The predicted molar refractivity (Wildman–Crippen MR) is 146 cm³/mol. The van der Waals surface area contributed by atoms with Crippen molar-refractivity contribution >= 4 is 39.4 Å². The molecule has 2 aromatic carbocycles. The van der Waals surface area contributed by atoms with Crippen LogP contribution in [0, 0.1) is 0 Å². The Labute approximate surface area is 207 Å². The Morgan fingerprint density at radius 2 is 1.06 bits per heavy atom. The van der Waals surface area contributed by atoms with Crippen LogP contribution in [-0.4, -0.2) is 33.4 Å². The summed E-state index contributed by atoms with van der Waals surface area (Å²) in [5.41, 5.74) is 1.26. The van der Waals surface area contributed by atoms with Gasteiger partial charge in [0.05, 0.1) is 0 Å². The van der Waals surface area contributed by atoms with Gasteiger partial charge in [-0.25, -0.2) is 0 Å². The number of hydrogen-bond donors (Lipinski definition) is 1. The lowest BCUT2D eigenvalue weighted by atomic mass is 10.2. The van der Waals surface area contributed by atoms with Crippen molar-refractivity contribution in [3.8, 4) is 11.5 Å². The lowest BCUT2D eigenvalue weighted by Gasteiger charge is -2.36. The number of rotatable bonds is 4. The number of phenols is 1. The molecule has 1 N–H and O–H groups in total. The Hall–Kier alpha value is -1.90. The van der Waals surface area contributed by atoms with Gasteiger partial charge in [-0.3, -0.25) is 9.59 Å². The van der Waals surface area contributed by atoms with E-state index in [1.165, 1.54) is 12.1 Å². The van der Waals surface area contributed by atoms with Gasteiger partial charge in [-0.1, -0.05) is 54.6 Å². The van der Waals surface area contributed by atoms with Gasteiger partial charge in [-0.2, -0.15) is 11.1 Å². The summed E-state index contributed by atoms with van der Waals surface area (Å²) in [6.45, 7) is 22.0. The molecular formula is C26H41ClO4Si2. The van der Waals surface area contributed by atoms with Crippen LogP contribution >= 0.6 is 11.1 Å². The molecule has 0 atom stereocenters. The van der Waals surface area contributed by atoms with Crippen LogP contribution in [0.25, 0.3) is 0 Å². The molecule has 0 aliphatic heterocycles. The van der Waals surface area contributed by atoms with Gasteiger partial charge in [0, 0.05) is 11.1 Å². The van der Waals surface area contributed by atoms with Crippen molar-refractivity contribution in [1.29, 1.82) is 0 Å². The van der Waals surface area contributed by atoms with E-state index in [0.29, 0.717) is 16.2 Å². The molecule has 0 saturated heterocycles. The second-order valence-electron chi connectivity index (χ2n) is 11.0. The molecule has 0 amide bonds. The third kappa shape index (κ3) is 11.7. The zero-order valence-corrected chi connectivity index (χ0v) is 24.6. The smallest absolute Gasteiger partial charge is 0.250 e. The van der Waals surface area contributed by atoms with Gasteiger partial charge in [-0.05, 0) is 71.7 Å². The number of aromatic hydroxyl groups is 1. The molecule has 4 nitrogen and oxygen atoms in total. The summed E-state index contributed by atoms with van der Waals surface area (Å²) in [5.74, 6) is 1.04. The second-order valence-corrected chi connectivity index (χ2v) is 23.0.